The van der Waals surface area contributed by atoms with Crippen molar-refractivity contribution in [1.29, 1.82) is 5.26 Å². The zero-order valence-corrected chi connectivity index (χ0v) is 19.7. The molecule has 2 heterocycles. The highest BCUT2D eigenvalue weighted by Crippen LogP contribution is 2.52. The number of rotatable bonds is 5. The maximum Gasteiger partial charge on any atom is 0.259 e. The van der Waals surface area contributed by atoms with E-state index in [0.29, 0.717) is 16.9 Å². The van der Waals surface area contributed by atoms with Gasteiger partial charge in [0, 0.05) is 23.6 Å². The summed E-state index contributed by atoms with van der Waals surface area (Å²) in [7, 11) is 0. The van der Waals surface area contributed by atoms with Crippen LogP contribution >= 0.6 is 0 Å². The Kier molecular flexibility index (Phi) is 5.90. The molecular formula is C28H25N5O3. The predicted molar refractivity (Wildman–Crippen MR) is 135 cm³/mol. The molecule has 0 aliphatic carbocycles. The second-order valence-electron chi connectivity index (χ2n) is 8.91. The van der Waals surface area contributed by atoms with E-state index >= 15 is 0 Å². The molecule has 5 rings (SSSR count). The summed E-state index contributed by atoms with van der Waals surface area (Å²) in [6, 6.07) is 24.6. The van der Waals surface area contributed by atoms with Crippen molar-refractivity contribution in [2.45, 2.75) is 25.0 Å². The van der Waals surface area contributed by atoms with Gasteiger partial charge in [0.05, 0.1) is 12.5 Å². The fourth-order valence-corrected chi connectivity index (χ4v) is 4.96. The van der Waals surface area contributed by atoms with Crippen molar-refractivity contribution in [3.63, 3.8) is 0 Å². The van der Waals surface area contributed by atoms with Gasteiger partial charge in [-0.05, 0) is 41.0 Å². The van der Waals surface area contributed by atoms with Crippen molar-refractivity contribution < 1.29 is 14.3 Å². The number of nitrogens with one attached hydrogen (secondary N) is 2. The summed E-state index contributed by atoms with van der Waals surface area (Å²) in [5.41, 5.74) is 8.41. The Morgan fingerprint density at radius 1 is 1.14 bits per heavy atom. The summed E-state index contributed by atoms with van der Waals surface area (Å²) in [6.07, 6.45) is -0.156. The quantitative estimate of drug-likeness (QED) is 0.483. The van der Waals surface area contributed by atoms with E-state index in [1.54, 1.807) is 18.2 Å². The summed E-state index contributed by atoms with van der Waals surface area (Å²) in [5, 5.41) is 14.1. The number of carbonyl (C=O) groups excluding carboxylic acids is 2. The van der Waals surface area contributed by atoms with Gasteiger partial charge in [0.25, 0.3) is 11.8 Å². The summed E-state index contributed by atoms with van der Waals surface area (Å²) in [6.45, 7) is 2.23. The predicted octanol–water partition coefficient (Wildman–Crippen LogP) is 3.41. The highest BCUT2D eigenvalue weighted by atomic mass is 16.5. The lowest BCUT2D eigenvalue weighted by atomic mass is 9.72. The Labute approximate surface area is 208 Å². The van der Waals surface area contributed by atoms with Gasteiger partial charge < -0.3 is 15.8 Å². The van der Waals surface area contributed by atoms with Crippen LogP contribution in [0.5, 0.6) is 5.75 Å². The van der Waals surface area contributed by atoms with Crippen LogP contribution < -0.4 is 21.1 Å². The highest BCUT2D eigenvalue weighted by molar-refractivity contribution is 6.08. The van der Waals surface area contributed by atoms with E-state index in [1.807, 2.05) is 67.6 Å². The number of hydrogen-bond donors (Lipinski definition) is 3. The SMILES string of the molecule is CC1[C@H](c2ccccc2)Oc2ccc(-c3cccc(C(=O)NCCC#N)c3)cc2C12N=C(N)NC2=O. The maximum atomic E-state index is 13.4. The standard InChI is InChI=1S/C28H25N5O3/c1-17-24(18-7-3-2-4-8-18)36-23-12-11-20(16-22(23)28(17)26(35)32-27(30)33-28)19-9-5-10-21(15-19)25(34)31-14-6-13-29/h2-5,7-12,15-17,24H,6,14H2,1H3,(H,31,34)(H3,30,32,33,35)/t17?,24-,28?/m1/s1. The molecule has 36 heavy (non-hydrogen) atoms. The smallest absolute Gasteiger partial charge is 0.259 e. The Bertz CT molecular complexity index is 1410. The van der Waals surface area contributed by atoms with E-state index in [1.165, 1.54) is 0 Å². The third-order valence-electron chi connectivity index (χ3n) is 6.75. The molecular weight excluding hydrogens is 454 g/mol. The second-order valence-corrected chi connectivity index (χ2v) is 8.91. The number of nitrogens with two attached hydrogens (primary N) is 1. The average molecular weight is 480 g/mol. The van der Waals surface area contributed by atoms with Crippen LogP contribution in [0, 0.1) is 17.2 Å². The molecule has 4 N–H and O–H groups in total. The number of nitrogens with zero attached hydrogens (tertiary/aromatic N) is 2. The molecule has 1 spiro atoms. The van der Waals surface area contributed by atoms with Gasteiger partial charge in [-0.3, -0.25) is 14.9 Å². The summed E-state index contributed by atoms with van der Waals surface area (Å²) >= 11 is 0. The summed E-state index contributed by atoms with van der Waals surface area (Å²) in [4.78, 5) is 30.5. The van der Waals surface area contributed by atoms with E-state index in [4.69, 9.17) is 15.7 Å². The fourth-order valence-electron chi connectivity index (χ4n) is 4.96. The van der Waals surface area contributed by atoms with Crippen molar-refractivity contribution in [1.82, 2.24) is 10.6 Å². The van der Waals surface area contributed by atoms with Crippen LogP contribution in [0.1, 0.15) is 40.9 Å². The van der Waals surface area contributed by atoms with Crippen LogP contribution in [-0.2, 0) is 10.3 Å². The van der Waals surface area contributed by atoms with Crippen LogP contribution in [0.15, 0.2) is 77.8 Å². The van der Waals surface area contributed by atoms with Crippen LogP contribution in [0.25, 0.3) is 11.1 Å². The minimum absolute atomic E-state index is 0.0768. The number of ether oxygens (including phenoxy) is 1. The molecule has 3 aromatic rings. The Hall–Kier alpha value is -4.64. The maximum absolute atomic E-state index is 13.4. The van der Waals surface area contributed by atoms with Crippen LogP contribution in [-0.4, -0.2) is 24.3 Å². The molecule has 2 unspecified atom stereocenters. The van der Waals surface area contributed by atoms with E-state index in [-0.39, 0.29) is 36.7 Å². The lowest BCUT2D eigenvalue weighted by Crippen LogP contribution is -2.48. The molecule has 0 saturated heterocycles. The summed E-state index contributed by atoms with van der Waals surface area (Å²) < 4.78 is 6.43. The largest absolute Gasteiger partial charge is 0.485 e. The lowest BCUT2D eigenvalue weighted by Gasteiger charge is -2.42. The molecule has 0 saturated carbocycles. The normalized spacial score (nSPS) is 22.1. The third-order valence-corrected chi connectivity index (χ3v) is 6.75. The number of fused-ring (bicyclic) bond motifs is 2. The van der Waals surface area contributed by atoms with Gasteiger partial charge in [-0.15, -0.1) is 0 Å². The van der Waals surface area contributed by atoms with Crippen molar-refractivity contribution in [2.24, 2.45) is 16.6 Å². The fraction of sp³-hybridized carbons (Fsp3) is 0.214. The molecule has 180 valence electrons. The third kappa shape index (κ3) is 3.85. The molecule has 0 fully saturated rings. The highest BCUT2D eigenvalue weighted by Gasteiger charge is 2.56. The van der Waals surface area contributed by atoms with E-state index in [0.717, 1.165) is 16.7 Å². The van der Waals surface area contributed by atoms with Crippen LogP contribution in [0.3, 0.4) is 0 Å². The summed E-state index contributed by atoms with van der Waals surface area (Å²) in [5.74, 6) is -0.254. The van der Waals surface area contributed by atoms with Gasteiger partial charge in [-0.25, -0.2) is 4.99 Å². The topological polar surface area (TPSA) is 130 Å². The molecule has 2 amide bonds. The Morgan fingerprint density at radius 2 is 1.92 bits per heavy atom. The Balaban J connectivity index is 1.57. The van der Waals surface area contributed by atoms with Gasteiger partial charge in [-0.2, -0.15) is 5.26 Å². The average Bonchev–Trinajstić information content (AvgIpc) is 3.20. The molecule has 8 heteroatoms. The number of guanidine groups is 1. The van der Waals surface area contributed by atoms with Crippen molar-refractivity contribution in [2.75, 3.05) is 6.54 Å². The van der Waals surface area contributed by atoms with Gasteiger partial charge in [0.2, 0.25) is 0 Å². The monoisotopic (exact) mass is 479 g/mol. The van der Waals surface area contributed by atoms with Gasteiger partial charge in [0.1, 0.15) is 11.9 Å². The lowest BCUT2D eigenvalue weighted by molar-refractivity contribution is -0.128. The van der Waals surface area contributed by atoms with Crippen molar-refractivity contribution in [3.8, 4) is 22.9 Å². The molecule has 0 bridgehead atoms. The second kappa shape index (κ2) is 9.19. The van der Waals surface area contributed by atoms with E-state index < -0.39 is 11.6 Å². The first-order chi connectivity index (χ1) is 17.4. The minimum Gasteiger partial charge on any atom is -0.485 e. The van der Waals surface area contributed by atoms with Gasteiger partial charge in [0.15, 0.2) is 11.5 Å². The van der Waals surface area contributed by atoms with E-state index in [2.05, 4.69) is 15.6 Å². The number of hydrogen-bond acceptors (Lipinski definition) is 6. The molecule has 2 aliphatic heterocycles. The first kappa shape index (κ1) is 23.1. The molecule has 2 aliphatic rings. The molecule has 3 aromatic carbocycles. The first-order valence-electron chi connectivity index (χ1n) is 11.7. The minimum atomic E-state index is -1.25. The number of amides is 2. The van der Waals surface area contributed by atoms with Crippen LogP contribution in [0.4, 0.5) is 0 Å². The Morgan fingerprint density at radius 3 is 2.64 bits per heavy atom. The van der Waals surface area contributed by atoms with Crippen LogP contribution in [0.2, 0.25) is 0 Å². The van der Waals surface area contributed by atoms with Crippen molar-refractivity contribution >= 4 is 17.8 Å². The number of nitriles is 1. The zero-order chi connectivity index (χ0) is 25.3. The number of carbonyl (C=O) groups is 2. The molecule has 0 aromatic heterocycles. The number of benzene rings is 3. The van der Waals surface area contributed by atoms with Gasteiger partial charge in [-0.1, -0.05) is 55.5 Å². The van der Waals surface area contributed by atoms with Gasteiger partial charge >= 0.3 is 0 Å². The first-order valence-corrected chi connectivity index (χ1v) is 11.7. The molecule has 8 nitrogen and oxygen atoms in total. The van der Waals surface area contributed by atoms with E-state index in [9.17, 15) is 9.59 Å². The molecule has 0 radical (unpaired) electrons. The zero-order valence-electron chi connectivity index (χ0n) is 19.7. The molecule has 3 atom stereocenters. The number of aliphatic imine (C=N–C) groups is 1. The van der Waals surface area contributed by atoms with Crippen molar-refractivity contribution in [3.05, 3.63) is 89.5 Å².